The molecular formula is C19H37IN4. The van der Waals surface area contributed by atoms with Crippen LogP contribution in [0.25, 0.3) is 0 Å². The summed E-state index contributed by atoms with van der Waals surface area (Å²) >= 11 is 0. The van der Waals surface area contributed by atoms with Gasteiger partial charge in [-0.05, 0) is 70.0 Å². The third-order valence-electron chi connectivity index (χ3n) is 6.50. The van der Waals surface area contributed by atoms with Crippen molar-refractivity contribution in [3.05, 3.63) is 0 Å². The summed E-state index contributed by atoms with van der Waals surface area (Å²) in [6, 6.07) is 0.637. The molecule has 0 amide bonds. The van der Waals surface area contributed by atoms with E-state index in [4.69, 9.17) is 0 Å². The minimum Gasteiger partial charge on any atom is -0.356 e. The number of hydrogen-bond donors (Lipinski definition) is 2. The van der Waals surface area contributed by atoms with Crippen LogP contribution >= 0.6 is 24.0 Å². The largest absolute Gasteiger partial charge is 0.356 e. The average molecular weight is 448 g/mol. The molecule has 1 saturated heterocycles. The van der Waals surface area contributed by atoms with Crippen molar-refractivity contribution in [1.29, 1.82) is 0 Å². The van der Waals surface area contributed by atoms with E-state index < -0.39 is 0 Å². The lowest BCUT2D eigenvalue weighted by molar-refractivity contribution is 0.150. The quantitative estimate of drug-likeness (QED) is 0.395. The molecule has 4 nitrogen and oxygen atoms in total. The molecule has 2 N–H and O–H groups in total. The first-order valence-corrected chi connectivity index (χ1v) is 9.90. The average Bonchev–Trinajstić information content (AvgIpc) is 2.60. The van der Waals surface area contributed by atoms with Crippen LogP contribution in [0.15, 0.2) is 4.99 Å². The van der Waals surface area contributed by atoms with Crippen molar-refractivity contribution in [2.24, 2.45) is 22.7 Å². The molecular weight excluding hydrogens is 411 g/mol. The zero-order chi connectivity index (χ0) is 16.1. The maximum atomic E-state index is 4.47. The minimum absolute atomic E-state index is 0. The Morgan fingerprint density at radius 1 is 1.00 bits per heavy atom. The van der Waals surface area contributed by atoms with E-state index in [0.29, 0.717) is 6.04 Å². The molecule has 0 radical (unpaired) electrons. The summed E-state index contributed by atoms with van der Waals surface area (Å²) < 4.78 is 0. The van der Waals surface area contributed by atoms with Gasteiger partial charge in [0.25, 0.3) is 0 Å². The highest BCUT2D eigenvalue weighted by Crippen LogP contribution is 2.40. The van der Waals surface area contributed by atoms with Gasteiger partial charge in [-0.15, -0.1) is 24.0 Å². The predicted molar refractivity (Wildman–Crippen MR) is 113 cm³/mol. The summed E-state index contributed by atoms with van der Waals surface area (Å²) in [6.07, 6.45) is 12.6. The Bertz CT molecular complexity index is 393. The molecule has 0 aromatic heterocycles. The van der Waals surface area contributed by atoms with Gasteiger partial charge < -0.3 is 15.5 Å². The molecule has 24 heavy (non-hydrogen) atoms. The number of rotatable bonds is 3. The second-order valence-corrected chi connectivity index (χ2v) is 8.16. The fraction of sp³-hybridized carbons (Fsp3) is 0.947. The van der Waals surface area contributed by atoms with Crippen molar-refractivity contribution >= 4 is 29.9 Å². The van der Waals surface area contributed by atoms with Crippen molar-refractivity contribution in [3.63, 3.8) is 0 Å². The zero-order valence-corrected chi connectivity index (χ0v) is 17.9. The van der Waals surface area contributed by atoms with E-state index in [2.05, 4.69) is 27.6 Å². The summed E-state index contributed by atoms with van der Waals surface area (Å²) in [5, 5.41) is 7.31. The Morgan fingerprint density at radius 2 is 1.71 bits per heavy atom. The summed E-state index contributed by atoms with van der Waals surface area (Å²) in [6.45, 7) is 3.56. The van der Waals surface area contributed by atoms with E-state index in [0.717, 1.165) is 30.3 Å². The number of likely N-dealkylation sites (tertiary alicyclic amines) is 1. The third kappa shape index (κ3) is 5.75. The van der Waals surface area contributed by atoms with E-state index in [-0.39, 0.29) is 24.0 Å². The molecule has 0 bridgehead atoms. The highest BCUT2D eigenvalue weighted by Gasteiger charge is 2.32. The Hall–Kier alpha value is -0.0400. The molecule has 1 aliphatic heterocycles. The minimum atomic E-state index is 0. The van der Waals surface area contributed by atoms with Gasteiger partial charge in [-0.1, -0.05) is 25.7 Å². The van der Waals surface area contributed by atoms with Gasteiger partial charge in [-0.3, -0.25) is 4.99 Å². The van der Waals surface area contributed by atoms with Crippen molar-refractivity contribution in [1.82, 2.24) is 15.5 Å². The number of halogens is 1. The van der Waals surface area contributed by atoms with Gasteiger partial charge in [0.2, 0.25) is 0 Å². The van der Waals surface area contributed by atoms with Crippen LogP contribution < -0.4 is 10.6 Å². The molecule has 3 atom stereocenters. The lowest BCUT2D eigenvalue weighted by Gasteiger charge is -2.40. The van der Waals surface area contributed by atoms with Crippen LogP contribution in [0.4, 0.5) is 0 Å². The van der Waals surface area contributed by atoms with Gasteiger partial charge >= 0.3 is 0 Å². The zero-order valence-electron chi connectivity index (χ0n) is 15.6. The molecule has 5 heteroatoms. The highest BCUT2D eigenvalue weighted by atomic mass is 127. The molecule has 3 fully saturated rings. The fourth-order valence-electron chi connectivity index (χ4n) is 4.90. The predicted octanol–water partition coefficient (Wildman–Crippen LogP) is 3.47. The van der Waals surface area contributed by atoms with Gasteiger partial charge in [0, 0.05) is 19.6 Å². The van der Waals surface area contributed by atoms with Gasteiger partial charge in [0.1, 0.15) is 0 Å². The number of hydrogen-bond acceptors (Lipinski definition) is 2. The summed E-state index contributed by atoms with van der Waals surface area (Å²) in [5.74, 6) is 3.83. The van der Waals surface area contributed by atoms with E-state index in [1.807, 2.05) is 7.05 Å². The number of piperidine rings is 1. The molecule has 2 aliphatic carbocycles. The molecule has 0 aromatic rings. The van der Waals surface area contributed by atoms with Crippen LogP contribution in [0.2, 0.25) is 0 Å². The van der Waals surface area contributed by atoms with E-state index in [1.54, 1.807) is 0 Å². The van der Waals surface area contributed by atoms with Crippen molar-refractivity contribution in [2.75, 3.05) is 33.7 Å². The van der Waals surface area contributed by atoms with Crippen LogP contribution in [0.1, 0.15) is 57.8 Å². The van der Waals surface area contributed by atoms with Crippen LogP contribution in [0.3, 0.4) is 0 Å². The molecule has 3 rings (SSSR count). The van der Waals surface area contributed by atoms with Crippen LogP contribution in [0, 0.1) is 17.8 Å². The van der Waals surface area contributed by atoms with Crippen molar-refractivity contribution < 1.29 is 0 Å². The summed E-state index contributed by atoms with van der Waals surface area (Å²) in [7, 11) is 4.14. The SMILES string of the molecule is CN=C(NCC1CCN(C)CC1)NC1CCC2CCCCC2C1.I. The van der Waals surface area contributed by atoms with Gasteiger partial charge in [0.15, 0.2) is 5.96 Å². The first-order valence-electron chi connectivity index (χ1n) is 9.90. The Morgan fingerprint density at radius 3 is 2.42 bits per heavy atom. The van der Waals surface area contributed by atoms with Gasteiger partial charge in [-0.2, -0.15) is 0 Å². The molecule has 1 heterocycles. The van der Waals surface area contributed by atoms with Crippen molar-refractivity contribution in [3.8, 4) is 0 Å². The molecule has 3 unspecified atom stereocenters. The number of fused-ring (bicyclic) bond motifs is 1. The second-order valence-electron chi connectivity index (χ2n) is 8.16. The van der Waals surface area contributed by atoms with Gasteiger partial charge in [0.05, 0.1) is 0 Å². The normalized spacial score (nSPS) is 32.6. The number of nitrogens with zero attached hydrogens (tertiary/aromatic N) is 2. The lowest BCUT2D eigenvalue weighted by atomic mass is 9.69. The molecule has 140 valence electrons. The summed E-state index contributed by atoms with van der Waals surface area (Å²) in [5.41, 5.74) is 0. The molecule has 0 spiro atoms. The Balaban J connectivity index is 0.00000208. The van der Waals surface area contributed by atoms with Crippen LogP contribution in [-0.2, 0) is 0 Å². The van der Waals surface area contributed by atoms with E-state index in [9.17, 15) is 0 Å². The van der Waals surface area contributed by atoms with Crippen LogP contribution in [-0.4, -0.2) is 50.6 Å². The molecule has 3 aliphatic rings. The van der Waals surface area contributed by atoms with Crippen molar-refractivity contribution in [2.45, 2.75) is 63.8 Å². The Labute approximate surface area is 165 Å². The smallest absolute Gasteiger partial charge is 0.191 e. The molecule has 2 saturated carbocycles. The highest BCUT2D eigenvalue weighted by molar-refractivity contribution is 14.0. The van der Waals surface area contributed by atoms with Crippen LogP contribution in [0.5, 0.6) is 0 Å². The van der Waals surface area contributed by atoms with E-state index >= 15 is 0 Å². The maximum Gasteiger partial charge on any atom is 0.191 e. The standard InChI is InChI=1S/C19H36N4.HI/c1-20-19(21-14-15-9-11-23(2)12-10-15)22-18-8-7-16-5-3-4-6-17(16)13-18;/h15-18H,3-14H2,1-2H3,(H2,20,21,22);1H. The molecule has 0 aromatic carbocycles. The van der Waals surface area contributed by atoms with E-state index in [1.165, 1.54) is 70.9 Å². The Kier molecular flexibility index (Phi) is 8.61. The lowest BCUT2D eigenvalue weighted by Crippen LogP contribution is -2.48. The topological polar surface area (TPSA) is 39.7 Å². The number of aliphatic imine (C=N–C) groups is 1. The fourth-order valence-corrected chi connectivity index (χ4v) is 4.90. The second kappa shape index (κ2) is 10.2. The first kappa shape index (κ1) is 20.3. The number of nitrogens with one attached hydrogen (secondary N) is 2. The monoisotopic (exact) mass is 448 g/mol. The third-order valence-corrected chi connectivity index (χ3v) is 6.50. The first-order chi connectivity index (χ1) is 11.2. The maximum absolute atomic E-state index is 4.47. The van der Waals surface area contributed by atoms with Gasteiger partial charge in [-0.25, -0.2) is 0 Å². The summed E-state index contributed by atoms with van der Waals surface area (Å²) in [4.78, 5) is 6.91. The number of guanidine groups is 1.